The standard InChI is InChI=1S/C18H28N2O/c1-14(2)21-16-8-6-15(7-9-16)17-4-3-5-18(17)20-12-10-19-11-13-20/h6-9,14,17-19H,3-5,10-13H2,1-2H3/t17-,18+/m0/s1. The van der Waals surface area contributed by atoms with Crippen molar-refractivity contribution in [3.63, 3.8) is 0 Å². The van der Waals surface area contributed by atoms with Gasteiger partial charge >= 0.3 is 0 Å². The molecule has 1 heterocycles. The summed E-state index contributed by atoms with van der Waals surface area (Å²) in [6.45, 7) is 8.84. The number of hydrogen-bond donors (Lipinski definition) is 1. The summed E-state index contributed by atoms with van der Waals surface area (Å²) in [4.78, 5) is 2.70. The van der Waals surface area contributed by atoms with Crippen LogP contribution in [-0.2, 0) is 0 Å². The van der Waals surface area contributed by atoms with Gasteiger partial charge in [0.25, 0.3) is 0 Å². The SMILES string of the molecule is CC(C)Oc1ccc([C@@H]2CCC[C@H]2N2CCNCC2)cc1. The molecule has 0 unspecified atom stereocenters. The molecule has 1 saturated heterocycles. The number of ether oxygens (including phenoxy) is 1. The monoisotopic (exact) mass is 288 g/mol. The quantitative estimate of drug-likeness (QED) is 0.922. The van der Waals surface area contributed by atoms with Gasteiger partial charge in [0.1, 0.15) is 5.75 Å². The highest BCUT2D eigenvalue weighted by Crippen LogP contribution is 2.38. The van der Waals surface area contributed by atoms with Crippen molar-refractivity contribution in [2.24, 2.45) is 0 Å². The summed E-state index contributed by atoms with van der Waals surface area (Å²) in [5.74, 6) is 1.70. The molecule has 0 amide bonds. The third-order valence-corrected chi connectivity index (χ3v) is 4.78. The summed E-state index contributed by atoms with van der Waals surface area (Å²) in [5, 5.41) is 3.46. The highest BCUT2D eigenvalue weighted by Gasteiger charge is 2.33. The van der Waals surface area contributed by atoms with Gasteiger partial charge in [0, 0.05) is 32.2 Å². The molecule has 2 aliphatic rings. The van der Waals surface area contributed by atoms with E-state index in [0.29, 0.717) is 5.92 Å². The minimum absolute atomic E-state index is 0.246. The highest BCUT2D eigenvalue weighted by atomic mass is 16.5. The predicted octanol–water partition coefficient (Wildman–Crippen LogP) is 3.02. The molecule has 1 aliphatic carbocycles. The van der Waals surface area contributed by atoms with E-state index in [-0.39, 0.29) is 6.10 Å². The van der Waals surface area contributed by atoms with Crippen LogP contribution in [0.15, 0.2) is 24.3 Å². The molecule has 0 spiro atoms. The van der Waals surface area contributed by atoms with Crippen LogP contribution < -0.4 is 10.1 Å². The summed E-state index contributed by atoms with van der Waals surface area (Å²) in [5.41, 5.74) is 1.49. The molecule has 21 heavy (non-hydrogen) atoms. The first-order chi connectivity index (χ1) is 10.2. The maximum absolute atomic E-state index is 5.76. The van der Waals surface area contributed by atoms with Crippen LogP contribution in [0, 0.1) is 0 Å². The summed E-state index contributed by atoms with van der Waals surface area (Å²) in [6, 6.07) is 9.58. The topological polar surface area (TPSA) is 24.5 Å². The Balaban J connectivity index is 1.69. The van der Waals surface area contributed by atoms with E-state index in [1.54, 1.807) is 0 Å². The van der Waals surface area contributed by atoms with Gasteiger partial charge in [-0.25, -0.2) is 0 Å². The second-order valence-corrected chi connectivity index (χ2v) is 6.63. The van der Waals surface area contributed by atoms with Gasteiger partial charge < -0.3 is 10.1 Å². The fraction of sp³-hybridized carbons (Fsp3) is 0.667. The first kappa shape index (κ1) is 14.9. The van der Waals surface area contributed by atoms with Crippen LogP contribution >= 0.6 is 0 Å². The van der Waals surface area contributed by atoms with E-state index in [0.717, 1.165) is 24.9 Å². The lowest BCUT2D eigenvalue weighted by Crippen LogP contribution is -2.49. The minimum atomic E-state index is 0.246. The molecule has 1 N–H and O–H groups in total. The second kappa shape index (κ2) is 6.80. The molecule has 2 atom stereocenters. The lowest BCUT2D eigenvalue weighted by Gasteiger charge is -2.36. The van der Waals surface area contributed by atoms with E-state index in [4.69, 9.17) is 4.74 Å². The average molecular weight is 288 g/mol. The minimum Gasteiger partial charge on any atom is -0.491 e. The van der Waals surface area contributed by atoms with Crippen LogP contribution in [0.4, 0.5) is 0 Å². The number of piperazine rings is 1. The molecule has 1 aliphatic heterocycles. The fourth-order valence-corrected chi connectivity index (χ4v) is 3.85. The Labute approximate surface area is 128 Å². The third kappa shape index (κ3) is 3.58. The van der Waals surface area contributed by atoms with Gasteiger partial charge in [0.05, 0.1) is 6.10 Å². The van der Waals surface area contributed by atoms with Crippen LogP contribution in [-0.4, -0.2) is 43.2 Å². The van der Waals surface area contributed by atoms with E-state index >= 15 is 0 Å². The van der Waals surface area contributed by atoms with Crippen LogP contribution in [0.25, 0.3) is 0 Å². The first-order valence-corrected chi connectivity index (χ1v) is 8.45. The molecular formula is C18H28N2O. The predicted molar refractivity (Wildman–Crippen MR) is 87.0 cm³/mol. The van der Waals surface area contributed by atoms with Gasteiger partial charge in [-0.1, -0.05) is 18.6 Å². The van der Waals surface area contributed by atoms with Crippen LogP contribution in [0.5, 0.6) is 5.75 Å². The Morgan fingerprint density at radius 3 is 2.48 bits per heavy atom. The number of nitrogens with one attached hydrogen (secondary N) is 1. The highest BCUT2D eigenvalue weighted by molar-refractivity contribution is 5.31. The molecule has 3 rings (SSSR count). The van der Waals surface area contributed by atoms with Gasteiger partial charge in [0.15, 0.2) is 0 Å². The van der Waals surface area contributed by atoms with Crippen molar-refractivity contribution in [3.05, 3.63) is 29.8 Å². The van der Waals surface area contributed by atoms with E-state index in [1.807, 2.05) is 0 Å². The molecule has 0 radical (unpaired) electrons. The van der Waals surface area contributed by atoms with E-state index in [2.05, 4.69) is 48.3 Å². The summed E-state index contributed by atoms with van der Waals surface area (Å²) < 4.78 is 5.76. The van der Waals surface area contributed by atoms with Crippen molar-refractivity contribution >= 4 is 0 Å². The molecule has 3 heteroatoms. The molecule has 0 aromatic heterocycles. The summed E-state index contributed by atoms with van der Waals surface area (Å²) in [6.07, 6.45) is 4.30. The van der Waals surface area contributed by atoms with Crippen LogP contribution in [0.3, 0.4) is 0 Å². The largest absolute Gasteiger partial charge is 0.491 e. The van der Waals surface area contributed by atoms with Gasteiger partial charge in [-0.05, 0) is 50.3 Å². The Bertz CT molecular complexity index is 437. The van der Waals surface area contributed by atoms with E-state index < -0.39 is 0 Å². The first-order valence-electron chi connectivity index (χ1n) is 8.45. The summed E-state index contributed by atoms with van der Waals surface area (Å²) >= 11 is 0. The molecule has 1 aromatic rings. The Morgan fingerprint density at radius 2 is 1.81 bits per heavy atom. The smallest absolute Gasteiger partial charge is 0.119 e. The van der Waals surface area contributed by atoms with Gasteiger partial charge in [-0.15, -0.1) is 0 Å². The maximum atomic E-state index is 5.76. The summed E-state index contributed by atoms with van der Waals surface area (Å²) in [7, 11) is 0. The van der Waals surface area contributed by atoms with Crippen molar-refractivity contribution in [2.75, 3.05) is 26.2 Å². The van der Waals surface area contributed by atoms with Gasteiger partial charge in [-0.3, -0.25) is 4.90 Å². The zero-order chi connectivity index (χ0) is 14.7. The normalized spacial score (nSPS) is 27.2. The molecular weight excluding hydrogens is 260 g/mol. The van der Waals surface area contributed by atoms with Crippen molar-refractivity contribution < 1.29 is 4.74 Å². The number of hydrogen-bond acceptors (Lipinski definition) is 3. The molecule has 1 saturated carbocycles. The van der Waals surface area contributed by atoms with Crippen molar-refractivity contribution in [2.45, 2.75) is 51.2 Å². The van der Waals surface area contributed by atoms with Gasteiger partial charge in [-0.2, -0.15) is 0 Å². The zero-order valence-corrected chi connectivity index (χ0v) is 13.3. The van der Waals surface area contributed by atoms with Crippen molar-refractivity contribution in [1.82, 2.24) is 10.2 Å². The number of rotatable bonds is 4. The maximum Gasteiger partial charge on any atom is 0.119 e. The average Bonchev–Trinajstić information content (AvgIpc) is 2.98. The number of nitrogens with zero attached hydrogens (tertiary/aromatic N) is 1. The van der Waals surface area contributed by atoms with E-state index in [1.165, 1.54) is 37.9 Å². The Morgan fingerprint density at radius 1 is 1.10 bits per heavy atom. The lowest BCUT2D eigenvalue weighted by molar-refractivity contribution is 0.163. The fourth-order valence-electron chi connectivity index (χ4n) is 3.85. The van der Waals surface area contributed by atoms with Gasteiger partial charge in [0.2, 0.25) is 0 Å². The molecule has 1 aromatic carbocycles. The van der Waals surface area contributed by atoms with Crippen LogP contribution in [0.2, 0.25) is 0 Å². The van der Waals surface area contributed by atoms with Crippen molar-refractivity contribution in [3.8, 4) is 5.75 Å². The van der Waals surface area contributed by atoms with Crippen molar-refractivity contribution in [1.29, 1.82) is 0 Å². The molecule has 0 bridgehead atoms. The number of benzene rings is 1. The molecule has 2 fully saturated rings. The lowest BCUT2D eigenvalue weighted by atomic mass is 9.92. The van der Waals surface area contributed by atoms with E-state index in [9.17, 15) is 0 Å². The third-order valence-electron chi connectivity index (χ3n) is 4.78. The Hall–Kier alpha value is -1.06. The molecule has 116 valence electrons. The van der Waals surface area contributed by atoms with Crippen LogP contribution in [0.1, 0.15) is 44.6 Å². The second-order valence-electron chi connectivity index (χ2n) is 6.63. The molecule has 3 nitrogen and oxygen atoms in total. The Kier molecular flexibility index (Phi) is 4.81. The zero-order valence-electron chi connectivity index (χ0n) is 13.3.